The molecule has 0 bridgehead atoms. The molecule has 0 saturated carbocycles. The quantitative estimate of drug-likeness (QED) is 0.488. The van der Waals surface area contributed by atoms with Crippen molar-refractivity contribution in [2.24, 2.45) is 5.92 Å². The van der Waals surface area contributed by atoms with E-state index in [9.17, 15) is 24.1 Å². The molecule has 10 heteroatoms. The highest BCUT2D eigenvalue weighted by molar-refractivity contribution is 5.82. The van der Waals surface area contributed by atoms with Crippen molar-refractivity contribution < 1.29 is 18.9 Å². The van der Waals surface area contributed by atoms with Gasteiger partial charge in [0.2, 0.25) is 11.8 Å². The Kier molecular flexibility index (Phi) is 6.86. The Bertz CT molecular complexity index is 1170. The van der Waals surface area contributed by atoms with Gasteiger partial charge in [0.15, 0.2) is 0 Å². The van der Waals surface area contributed by atoms with Gasteiger partial charge < -0.3 is 15.1 Å². The van der Waals surface area contributed by atoms with E-state index in [0.29, 0.717) is 38.2 Å². The van der Waals surface area contributed by atoms with Crippen LogP contribution in [-0.2, 0) is 22.6 Å². The maximum absolute atomic E-state index is 14.1. The first-order valence-electron chi connectivity index (χ1n) is 12.5. The van der Waals surface area contributed by atoms with Crippen molar-refractivity contribution in [3.63, 3.8) is 0 Å². The molecule has 2 aromatic carbocycles. The zero-order chi connectivity index (χ0) is 25.2. The lowest BCUT2D eigenvalue weighted by Crippen LogP contribution is -2.62. The lowest BCUT2D eigenvalue weighted by Gasteiger charge is -2.49. The maximum atomic E-state index is 14.1. The Morgan fingerprint density at radius 2 is 1.86 bits per heavy atom. The van der Waals surface area contributed by atoms with Crippen LogP contribution >= 0.6 is 0 Å². The molecule has 3 heterocycles. The second-order valence-electron chi connectivity index (χ2n) is 9.77. The number of rotatable bonds is 6. The van der Waals surface area contributed by atoms with Crippen LogP contribution in [0.1, 0.15) is 24.0 Å². The topological polar surface area (TPSA) is 99.0 Å². The van der Waals surface area contributed by atoms with Crippen LogP contribution < -0.4 is 10.2 Å². The summed E-state index contributed by atoms with van der Waals surface area (Å²) in [5.41, 5.74) is 2.05. The molecule has 1 N–H and O–H groups in total. The van der Waals surface area contributed by atoms with Gasteiger partial charge in [-0.1, -0.05) is 18.2 Å². The number of fused-ring (bicyclic) bond motifs is 3. The lowest BCUT2D eigenvalue weighted by atomic mass is 9.83. The van der Waals surface area contributed by atoms with Crippen molar-refractivity contribution in [2.45, 2.75) is 31.8 Å². The fourth-order valence-corrected chi connectivity index (χ4v) is 5.64. The minimum absolute atomic E-state index is 0.00689. The van der Waals surface area contributed by atoms with E-state index in [-0.39, 0.29) is 35.9 Å². The first-order valence-corrected chi connectivity index (χ1v) is 12.5. The third-order valence-electron chi connectivity index (χ3n) is 7.56. The van der Waals surface area contributed by atoms with Gasteiger partial charge in [-0.05, 0) is 37.0 Å². The van der Waals surface area contributed by atoms with Gasteiger partial charge in [0.25, 0.3) is 5.69 Å². The van der Waals surface area contributed by atoms with Crippen molar-refractivity contribution in [2.75, 3.05) is 44.2 Å². The number of hydrogen-bond donors (Lipinski definition) is 1. The average Bonchev–Trinajstić information content (AvgIpc) is 3.42. The molecule has 2 saturated heterocycles. The van der Waals surface area contributed by atoms with Crippen LogP contribution in [0.2, 0.25) is 0 Å². The third kappa shape index (κ3) is 4.90. The van der Waals surface area contributed by atoms with Crippen LogP contribution in [0.25, 0.3) is 0 Å². The van der Waals surface area contributed by atoms with E-state index in [0.717, 1.165) is 37.2 Å². The van der Waals surface area contributed by atoms with Gasteiger partial charge in [-0.15, -0.1) is 0 Å². The number of nitro groups is 1. The first-order chi connectivity index (χ1) is 17.4. The van der Waals surface area contributed by atoms with E-state index in [4.69, 9.17) is 0 Å². The number of likely N-dealkylation sites (tertiary alicyclic amines) is 1. The average molecular weight is 496 g/mol. The molecule has 0 spiro atoms. The Morgan fingerprint density at radius 1 is 1.08 bits per heavy atom. The van der Waals surface area contributed by atoms with Gasteiger partial charge in [0, 0.05) is 62.7 Å². The summed E-state index contributed by atoms with van der Waals surface area (Å²) in [6.07, 6.45) is 2.42. The molecule has 2 fully saturated rings. The number of anilines is 1. The van der Waals surface area contributed by atoms with Crippen LogP contribution in [0.4, 0.5) is 15.8 Å². The molecule has 0 aliphatic carbocycles. The maximum Gasteiger partial charge on any atom is 0.269 e. The van der Waals surface area contributed by atoms with Crippen LogP contribution in [-0.4, -0.2) is 71.8 Å². The number of non-ortho nitro benzene ring substituents is 1. The molecule has 2 aromatic rings. The minimum atomic E-state index is -0.490. The summed E-state index contributed by atoms with van der Waals surface area (Å²) in [5.74, 6) is -0.976. The lowest BCUT2D eigenvalue weighted by molar-refractivity contribution is -0.384. The number of halogens is 1. The largest absolute Gasteiger partial charge is 0.365 e. The molecule has 5 rings (SSSR count). The summed E-state index contributed by atoms with van der Waals surface area (Å²) in [6, 6.07) is 10.9. The smallest absolute Gasteiger partial charge is 0.269 e. The molecule has 2 atom stereocenters. The van der Waals surface area contributed by atoms with E-state index in [2.05, 4.69) is 15.1 Å². The van der Waals surface area contributed by atoms with Crippen LogP contribution in [0.3, 0.4) is 0 Å². The summed E-state index contributed by atoms with van der Waals surface area (Å²) in [4.78, 5) is 43.3. The van der Waals surface area contributed by atoms with Crippen molar-refractivity contribution in [3.8, 4) is 0 Å². The van der Waals surface area contributed by atoms with Gasteiger partial charge in [-0.25, -0.2) is 4.39 Å². The molecule has 9 nitrogen and oxygen atoms in total. The van der Waals surface area contributed by atoms with Gasteiger partial charge in [0.05, 0.1) is 23.4 Å². The minimum Gasteiger partial charge on any atom is -0.365 e. The van der Waals surface area contributed by atoms with E-state index >= 15 is 0 Å². The van der Waals surface area contributed by atoms with E-state index in [1.807, 2.05) is 4.90 Å². The molecule has 0 aromatic heterocycles. The molecule has 190 valence electrons. The van der Waals surface area contributed by atoms with E-state index in [1.54, 1.807) is 30.3 Å². The monoisotopic (exact) mass is 495 g/mol. The van der Waals surface area contributed by atoms with Crippen molar-refractivity contribution in [1.82, 2.24) is 15.1 Å². The number of hydrogen-bond acceptors (Lipinski definition) is 6. The highest BCUT2D eigenvalue weighted by atomic mass is 19.1. The van der Waals surface area contributed by atoms with Gasteiger partial charge in [-0.3, -0.25) is 24.6 Å². The van der Waals surface area contributed by atoms with Gasteiger partial charge in [0.1, 0.15) is 5.82 Å². The third-order valence-corrected chi connectivity index (χ3v) is 7.56. The molecule has 36 heavy (non-hydrogen) atoms. The number of carbonyl (C=O) groups is 2. The highest BCUT2D eigenvalue weighted by Crippen LogP contribution is 2.38. The van der Waals surface area contributed by atoms with Crippen LogP contribution in [0.5, 0.6) is 0 Å². The summed E-state index contributed by atoms with van der Waals surface area (Å²) in [5, 5.41) is 14.2. The van der Waals surface area contributed by atoms with Gasteiger partial charge >= 0.3 is 0 Å². The van der Waals surface area contributed by atoms with Crippen LogP contribution in [0.15, 0.2) is 42.5 Å². The molecule has 0 radical (unpaired) electrons. The number of carbonyl (C=O) groups excluding carboxylic acids is 2. The van der Waals surface area contributed by atoms with E-state index < -0.39 is 10.8 Å². The molecule has 3 aliphatic heterocycles. The molecule has 3 aliphatic rings. The Labute approximate surface area is 209 Å². The zero-order valence-electron chi connectivity index (χ0n) is 20.1. The standard InChI is InChI=1S/C26H30FN5O4/c27-22-6-2-1-5-18(22)15-28-26(34)21-14-19-13-20(32(35)36)7-8-23(19)31-12-11-29(16-24(21)31)17-25(33)30-9-3-4-10-30/h1-2,5-8,13,21,24H,3-4,9-12,14-17H2,(H,28,34)/t21-,24-/m0/s1. The Morgan fingerprint density at radius 3 is 2.61 bits per heavy atom. The fourth-order valence-electron chi connectivity index (χ4n) is 5.64. The zero-order valence-corrected chi connectivity index (χ0v) is 20.1. The number of nitrogens with zero attached hydrogens (tertiary/aromatic N) is 4. The van der Waals surface area contributed by atoms with Crippen molar-refractivity contribution >= 4 is 23.2 Å². The number of amides is 2. The van der Waals surface area contributed by atoms with Gasteiger partial charge in [-0.2, -0.15) is 0 Å². The molecular formula is C26H30FN5O4. The molecule has 2 amide bonds. The number of nitrogens with one attached hydrogen (secondary N) is 1. The second kappa shape index (κ2) is 10.2. The predicted molar refractivity (Wildman–Crippen MR) is 132 cm³/mol. The van der Waals surface area contributed by atoms with Crippen molar-refractivity contribution in [1.29, 1.82) is 0 Å². The summed E-state index contributed by atoms with van der Waals surface area (Å²) >= 11 is 0. The van der Waals surface area contributed by atoms with Crippen molar-refractivity contribution in [3.05, 3.63) is 69.5 Å². The normalized spacial score (nSPS) is 21.6. The first kappa shape index (κ1) is 24.2. The Balaban J connectivity index is 1.36. The summed E-state index contributed by atoms with van der Waals surface area (Å²) in [7, 11) is 0. The fraction of sp³-hybridized carbons (Fsp3) is 0.462. The number of benzene rings is 2. The summed E-state index contributed by atoms with van der Waals surface area (Å²) in [6.45, 7) is 3.79. The molecule has 0 unspecified atom stereocenters. The Hall–Kier alpha value is -3.53. The molecular weight excluding hydrogens is 465 g/mol. The van der Waals surface area contributed by atoms with E-state index in [1.165, 1.54) is 12.1 Å². The predicted octanol–water partition coefficient (Wildman–Crippen LogP) is 2.34. The highest BCUT2D eigenvalue weighted by Gasteiger charge is 2.42. The van der Waals surface area contributed by atoms with Crippen LogP contribution in [0, 0.1) is 21.8 Å². The summed E-state index contributed by atoms with van der Waals surface area (Å²) < 4.78 is 14.1. The number of piperazine rings is 1. The second-order valence-corrected chi connectivity index (χ2v) is 9.77. The SMILES string of the molecule is O=C(NCc1ccccc1F)[C@H]1Cc2cc([N+](=O)[O-])ccc2N2CCN(CC(=O)N3CCCC3)C[C@@H]12. The number of nitro benzene ring substituents is 1.